The molecule has 28 heavy (non-hydrogen) atoms. The van der Waals surface area contributed by atoms with Crippen molar-refractivity contribution in [1.29, 1.82) is 0 Å². The summed E-state index contributed by atoms with van der Waals surface area (Å²) >= 11 is 1.36. The summed E-state index contributed by atoms with van der Waals surface area (Å²) in [6.07, 6.45) is 0. The van der Waals surface area contributed by atoms with E-state index in [1.165, 1.54) is 43.1 Å². The summed E-state index contributed by atoms with van der Waals surface area (Å²) in [5.74, 6) is -0.865. The third kappa shape index (κ3) is 6.66. The average Bonchev–Trinajstić information content (AvgIpc) is 2.70. The van der Waals surface area contributed by atoms with Gasteiger partial charge in [-0.15, -0.1) is 11.8 Å². The number of hydrogen-bond donors (Lipinski definition) is 2. The number of methoxy groups -OCH3 is 1. The number of hydrogen-bond acceptors (Lipinski definition) is 6. The molecule has 0 unspecified atom stereocenters. The summed E-state index contributed by atoms with van der Waals surface area (Å²) in [5.41, 5.74) is 6.03. The lowest BCUT2D eigenvalue weighted by molar-refractivity contribution is -0.119. The van der Waals surface area contributed by atoms with Crippen molar-refractivity contribution in [3.63, 3.8) is 0 Å². The third-order valence-corrected chi connectivity index (χ3v) is 6.44. The number of amides is 2. The maximum atomic E-state index is 12.1. The van der Waals surface area contributed by atoms with Crippen LogP contribution >= 0.6 is 11.8 Å². The first-order valence-electron chi connectivity index (χ1n) is 8.42. The molecule has 2 aromatic rings. The number of aryl methyl sites for hydroxylation is 1. The Hall–Kier alpha value is -2.36. The number of carbonyl (C=O) groups excluding carboxylic acids is 2. The number of nitrogens with one attached hydrogen (secondary N) is 2. The van der Waals surface area contributed by atoms with Gasteiger partial charge in [-0.2, -0.15) is 0 Å². The fraction of sp³-hybridized carbons (Fsp3) is 0.263. The highest BCUT2D eigenvalue weighted by Crippen LogP contribution is 2.17. The van der Waals surface area contributed by atoms with E-state index < -0.39 is 15.7 Å². The van der Waals surface area contributed by atoms with Crippen LogP contribution in [0.5, 0.6) is 0 Å². The third-order valence-electron chi connectivity index (χ3n) is 3.74. The lowest BCUT2D eigenvalue weighted by Gasteiger charge is -2.08. The molecule has 0 aromatic heterocycles. The molecule has 0 fully saturated rings. The molecule has 0 aliphatic heterocycles. The van der Waals surface area contributed by atoms with Crippen LogP contribution in [-0.2, 0) is 19.4 Å². The Morgan fingerprint density at radius 2 is 1.64 bits per heavy atom. The Balaban J connectivity index is 1.83. The topological polar surface area (TPSA) is 102 Å². The molecule has 9 heteroatoms. The van der Waals surface area contributed by atoms with Crippen LogP contribution in [0.3, 0.4) is 0 Å². The van der Waals surface area contributed by atoms with Crippen LogP contribution in [0.2, 0.25) is 0 Å². The zero-order chi connectivity index (χ0) is 20.6. The second-order valence-electron chi connectivity index (χ2n) is 5.94. The number of carbonyl (C=O) groups is 2. The Bertz CT molecular complexity index is 910. The SMILES string of the molecule is COCCS(=O)(=O)c1ccc(C(=O)NNC(=O)CSc2ccc(C)cc2)cc1. The van der Waals surface area contributed by atoms with Crippen LogP contribution in [0.1, 0.15) is 15.9 Å². The maximum Gasteiger partial charge on any atom is 0.269 e. The van der Waals surface area contributed by atoms with Gasteiger partial charge in [-0.1, -0.05) is 17.7 Å². The zero-order valence-electron chi connectivity index (χ0n) is 15.6. The number of ether oxygens (including phenoxy) is 1. The van der Waals surface area contributed by atoms with Gasteiger partial charge in [0.25, 0.3) is 5.91 Å². The highest BCUT2D eigenvalue weighted by molar-refractivity contribution is 8.00. The van der Waals surface area contributed by atoms with Crippen molar-refractivity contribution in [3.8, 4) is 0 Å². The molecule has 2 rings (SSSR count). The minimum atomic E-state index is -3.46. The molecule has 0 bridgehead atoms. The lowest BCUT2D eigenvalue weighted by Crippen LogP contribution is -2.42. The molecular formula is C19H22N2O5S2. The summed E-state index contributed by atoms with van der Waals surface area (Å²) in [6, 6.07) is 13.3. The molecule has 2 aromatic carbocycles. The van der Waals surface area contributed by atoms with E-state index in [0.29, 0.717) is 0 Å². The number of benzene rings is 2. The molecule has 0 saturated heterocycles. The minimum absolute atomic E-state index is 0.0944. The van der Waals surface area contributed by atoms with E-state index in [9.17, 15) is 18.0 Å². The van der Waals surface area contributed by atoms with E-state index in [2.05, 4.69) is 10.9 Å². The summed E-state index contributed by atoms with van der Waals surface area (Å²) in [7, 11) is -2.03. The molecule has 0 radical (unpaired) electrons. The number of thioether (sulfide) groups is 1. The van der Waals surface area contributed by atoms with Crippen molar-refractivity contribution in [2.75, 3.05) is 25.2 Å². The van der Waals surface area contributed by atoms with E-state index in [0.717, 1.165) is 10.5 Å². The zero-order valence-corrected chi connectivity index (χ0v) is 17.2. The quantitative estimate of drug-likeness (QED) is 0.498. The molecule has 0 aliphatic rings. The van der Waals surface area contributed by atoms with Crippen LogP contribution in [0.4, 0.5) is 0 Å². The lowest BCUT2D eigenvalue weighted by atomic mass is 10.2. The molecule has 0 aliphatic carbocycles. The second kappa shape index (κ2) is 10.3. The molecule has 0 heterocycles. The first-order chi connectivity index (χ1) is 13.3. The molecule has 2 amide bonds. The van der Waals surface area contributed by atoms with Crippen LogP contribution in [0.25, 0.3) is 0 Å². The molecule has 150 valence electrons. The van der Waals surface area contributed by atoms with Crippen molar-refractivity contribution < 1.29 is 22.7 Å². The summed E-state index contributed by atoms with van der Waals surface area (Å²) < 4.78 is 28.9. The highest BCUT2D eigenvalue weighted by Gasteiger charge is 2.15. The van der Waals surface area contributed by atoms with Crippen LogP contribution in [0.15, 0.2) is 58.3 Å². The van der Waals surface area contributed by atoms with Crippen LogP contribution < -0.4 is 10.9 Å². The first-order valence-corrected chi connectivity index (χ1v) is 11.1. The number of rotatable bonds is 8. The standard InChI is InChI=1S/C19H22N2O5S2/c1-14-3-7-16(8-4-14)27-13-18(22)20-21-19(23)15-5-9-17(10-6-15)28(24,25)12-11-26-2/h3-10H,11-13H2,1-2H3,(H,20,22)(H,21,23). The summed E-state index contributed by atoms with van der Waals surface area (Å²) in [4.78, 5) is 25.0. The molecule has 7 nitrogen and oxygen atoms in total. The van der Waals surface area contributed by atoms with Crippen molar-refractivity contribution in [1.82, 2.24) is 10.9 Å². The van der Waals surface area contributed by atoms with Crippen molar-refractivity contribution >= 4 is 33.4 Å². The Morgan fingerprint density at radius 3 is 2.25 bits per heavy atom. The fourth-order valence-corrected chi connectivity index (χ4v) is 4.01. The maximum absolute atomic E-state index is 12.1. The van der Waals surface area contributed by atoms with Gasteiger partial charge in [0.1, 0.15) is 0 Å². The van der Waals surface area contributed by atoms with Gasteiger partial charge < -0.3 is 4.74 Å². The summed E-state index contributed by atoms with van der Waals surface area (Å²) in [5, 5.41) is 0. The highest BCUT2D eigenvalue weighted by atomic mass is 32.2. The normalized spacial score (nSPS) is 11.1. The van der Waals surface area contributed by atoms with Gasteiger partial charge in [0, 0.05) is 17.6 Å². The van der Waals surface area contributed by atoms with Crippen molar-refractivity contribution in [2.45, 2.75) is 16.7 Å². The van der Waals surface area contributed by atoms with Crippen LogP contribution in [0, 0.1) is 6.92 Å². The second-order valence-corrected chi connectivity index (χ2v) is 9.10. The van der Waals surface area contributed by atoms with Gasteiger partial charge in [0.2, 0.25) is 5.91 Å². The van der Waals surface area contributed by atoms with E-state index in [4.69, 9.17) is 4.74 Å². The van der Waals surface area contributed by atoms with Crippen molar-refractivity contribution in [3.05, 3.63) is 59.7 Å². The average molecular weight is 423 g/mol. The molecular weight excluding hydrogens is 400 g/mol. The smallest absolute Gasteiger partial charge is 0.269 e. The van der Waals surface area contributed by atoms with E-state index in [1.807, 2.05) is 31.2 Å². The van der Waals surface area contributed by atoms with Gasteiger partial charge in [0.05, 0.1) is 23.0 Å². The van der Waals surface area contributed by atoms with Gasteiger partial charge in [0.15, 0.2) is 9.84 Å². The minimum Gasteiger partial charge on any atom is -0.384 e. The number of sulfone groups is 1. The predicted octanol–water partition coefficient (Wildman–Crippen LogP) is 1.97. The van der Waals surface area contributed by atoms with E-state index >= 15 is 0 Å². The predicted molar refractivity (Wildman–Crippen MR) is 108 cm³/mol. The Labute approximate surface area is 168 Å². The van der Waals surface area contributed by atoms with Gasteiger partial charge in [-0.05, 0) is 43.3 Å². The number of hydrazine groups is 1. The van der Waals surface area contributed by atoms with E-state index in [-0.39, 0.29) is 34.5 Å². The van der Waals surface area contributed by atoms with Crippen molar-refractivity contribution in [2.24, 2.45) is 0 Å². The summed E-state index contributed by atoms with van der Waals surface area (Å²) in [6.45, 7) is 2.08. The molecule has 0 saturated carbocycles. The van der Waals surface area contributed by atoms with Gasteiger partial charge >= 0.3 is 0 Å². The monoisotopic (exact) mass is 422 g/mol. The van der Waals surface area contributed by atoms with Gasteiger partial charge in [-0.3, -0.25) is 20.4 Å². The fourth-order valence-electron chi connectivity index (χ4n) is 2.14. The van der Waals surface area contributed by atoms with E-state index in [1.54, 1.807) is 0 Å². The Morgan fingerprint density at radius 1 is 1.00 bits per heavy atom. The molecule has 0 spiro atoms. The first kappa shape index (κ1) is 21.9. The largest absolute Gasteiger partial charge is 0.384 e. The van der Waals surface area contributed by atoms with Gasteiger partial charge in [-0.25, -0.2) is 8.42 Å². The Kier molecular flexibility index (Phi) is 8.04. The molecule has 2 N–H and O–H groups in total. The van der Waals surface area contributed by atoms with Crippen LogP contribution in [-0.4, -0.2) is 45.5 Å². The molecule has 0 atom stereocenters.